The van der Waals surface area contributed by atoms with Gasteiger partial charge >= 0.3 is 6.09 Å². The predicted molar refractivity (Wildman–Crippen MR) is 194 cm³/mol. The number of likely N-dealkylation sites (N-methyl/N-ethyl adjacent to an activating group) is 1. The molecule has 272 valence electrons. The molecule has 1 aromatic heterocycles. The number of aromatic nitrogens is 1. The van der Waals surface area contributed by atoms with Gasteiger partial charge in [-0.15, -0.1) is 0 Å². The molecular formula is C38H49N7O6. The van der Waals surface area contributed by atoms with Crippen molar-refractivity contribution < 1.29 is 28.7 Å². The summed E-state index contributed by atoms with van der Waals surface area (Å²) in [5.41, 5.74) is 2.34. The van der Waals surface area contributed by atoms with Gasteiger partial charge in [0, 0.05) is 54.3 Å². The third-order valence-electron chi connectivity index (χ3n) is 8.54. The van der Waals surface area contributed by atoms with Crippen molar-refractivity contribution in [3.63, 3.8) is 0 Å². The normalized spacial score (nSPS) is 16.4. The highest BCUT2D eigenvalue weighted by atomic mass is 16.6. The van der Waals surface area contributed by atoms with Gasteiger partial charge in [0.1, 0.15) is 12.1 Å². The lowest BCUT2D eigenvalue weighted by Gasteiger charge is -2.25. The van der Waals surface area contributed by atoms with Crippen molar-refractivity contribution in [1.82, 2.24) is 31.6 Å². The highest BCUT2D eigenvalue weighted by Gasteiger charge is 2.31. The first-order valence-electron chi connectivity index (χ1n) is 17.4. The summed E-state index contributed by atoms with van der Waals surface area (Å²) in [4.78, 5) is 71.7. The fourth-order valence-electron chi connectivity index (χ4n) is 5.67. The van der Waals surface area contributed by atoms with Gasteiger partial charge < -0.3 is 31.3 Å². The molecule has 13 heteroatoms. The number of nitrogens with one attached hydrogen (secondary N) is 5. The van der Waals surface area contributed by atoms with Gasteiger partial charge in [0.2, 0.25) is 11.8 Å². The Morgan fingerprint density at radius 3 is 2.14 bits per heavy atom. The Balaban J connectivity index is 1.56. The molecule has 0 bridgehead atoms. The van der Waals surface area contributed by atoms with Crippen molar-refractivity contribution >= 4 is 35.4 Å². The van der Waals surface area contributed by atoms with Gasteiger partial charge in [-0.2, -0.15) is 0 Å². The Morgan fingerprint density at radius 1 is 0.882 bits per heavy atom. The second-order valence-corrected chi connectivity index (χ2v) is 13.1. The minimum absolute atomic E-state index is 0.126. The lowest BCUT2D eigenvalue weighted by atomic mass is 10.0. The van der Waals surface area contributed by atoms with Crippen molar-refractivity contribution in [2.75, 3.05) is 24.5 Å². The van der Waals surface area contributed by atoms with Crippen LogP contribution in [-0.2, 0) is 20.7 Å². The number of benzene rings is 2. The molecule has 5 amide bonds. The number of amides is 5. The van der Waals surface area contributed by atoms with Crippen LogP contribution in [-0.4, -0.2) is 78.6 Å². The van der Waals surface area contributed by atoms with E-state index in [1.165, 1.54) is 11.0 Å². The average molecular weight is 700 g/mol. The van der Waals surface area contributed by atoms with E-state index < -0.39 is 36.0 Å². The highest BCUT2D eigenvalue weighted by Crippen LogP contribution is 2.25. The van der Waals surface area contributed by atoms with Crippen LogP contribution >= 0.6 is 0 Å². The lowest BCUT2D eigenvalue weighted by Crippen LogP contribution is -2.55. The summed E-state index contributed by atoms with van der Waals surface area (Å²) in [7, 11) is 0. The van der Waals surface area contributed by atoms with Crippen LogP contribution in [0.5, 0.6) is 0 Å². The number of cyclic esters (lactones) is 1. The van der Waals surface area contributed by atoms with Crippen molar-refractivity contribution in [2.45, 2.75) is 78.2 Å². The lowest BCUT2D eigenvalue weighted by molar-refractivity contribution is -0.130. The van der Waals surface area contributed by atoms with Crippen LogP contribution in [0.25, 0.3) is 0 Å². The van der Waals surface area contributed by atoms with Crippen LogP contribution < -0.4 is 31.5 Å². The van der Waals surface area contributed by atoms with E-state index in [1.807, 2.05) is 70.2 Å². The maximum Gasteiger partial charge on any atom is 0.414 e. The number of pyridine rings is 1. The van der Waals surface area contributed by atoms with Crippen LogP contribution in [0.4, 0.5) is 10.5 Å². The molecule has 1 unspecified atom stereocenters. The Bertz CT molecular complexity index is 1670. The fraction of sp³-hybridized carbons (Fsp3) is 0.421. The zero-order valence-corrected chi connectivity index (χ0v) is 30.1. The monoisotopic (exact) mass is 699 g/mol. The number of hydrogen-bond acceptors (Lipinski definition) is 8. The largest absolute Gasteiger partial charge is 0.444 e. The summed E-state index contributed by atoms with van der Waals surface area (Å²) >= 11 is 0. The number of carbonyl (C=O) groups is 5. The molecule has 0 spiro atoms. The van der Waals surface area contributed by atoms with E-state index in [0.717, 1.165) is 11.3 Å². The third-order valence-corrected chi connectivity index (χ3v) is 8.54. The molecule has 4 rings (SSSR count). The summed E-state index contributed by atoms with van der Waals surface area (Å²) in [5.74, 6) is -1.64. The van der Waals surface area contributed by atoms with Gasteiger partial charge in [0.05, 0.1) is 18.6 Å². The van der Waals surface area contributed by atoms with Crippen LogP contribution in [0, 0.1) is 5.92 Å². The molecule has 1 aliphatic rings. The Labute approximate surface area is 299 Å². The van der Waals surface area contributed by atoms with E-state index in [2.05, 4.69) is 31.6 Å². The quantitative estimate of drug-likeness (QED) is 0.151. The molecule has 5 N–H and O–H groups in total. The van der Waals surface area contributed by atoms with Gasteiger partial charge in [-0.1, -0.05) is 50.2 Å². The first-order chi connectivity index (χ1) is 24.4. The number of nitrogens with zero attached hydrogens (tertiary/aromatic N) is 2. The summed E-state index contributed by atoms with van der Waals surface area (Å²) in [6, 6.07) is 17.3. The highest BCUT2D eigenvalue weighted by molar-refractivity contribution is 6.03. The molecule has 1 aliphatic heterocycles. The Morgan fingerprint density at radius 2 is 1.55 bits per heavy atom. The SMILES string of the molecule is CCNC(=O)[C@@H](NC(=O)[C@H](C)NC[C@H](Cc1ccccn1)NC(=O)c1cc(C(=O)N[C@H](C)c2ccccc2)cc(N2CC(C)OC2=O)c1)C(C)C. The number of hydrogen-bond donors (Lipinski definition) is 5. The number of anilines is 1. The van der Waals surface area contributed by atoms with Crippen LogP contribution in [0.1, 0.15) is 79.6 Å². The van der Waals surface area contributed by atoms with E-state index in [0.29, 0.717) is 18.7 Å². The fourth-order valence-corrected chi connectivity index (χ4v) is 5.67. The van der Waals surface area contributed by atoms with Gasteiger partial charge in [-0.05, 0) is 69.5 Å². The average Bonchev–Trinajstić information content (AvgIpc) is 3.46. The topological polar surface area (TPSA) is 171 Å². The van der Waals surface area contributed by atoms with Gasteiger partial charge in [0.25, 0.3) is 11.8 Å². The first-order valence-corrected chi connectivity index (χ1v) is 17.4. The predicted octanol–water partition coefficient (Wildman–Crippen LogP) is 3.51. The number of rotatable bonds is 16. The molecule has 1 fully saturated rings. The second-order valence-electron chi connectivity index (χ2n) is 13.1. The molecule has 51 heavy (non-hydrogen) atoms. The maximum atomic E-state index is 14.0. The maximum absolute atomic E-state index is 14.0. The number of ether oxygens (including phenoxy) is 1. The summed E-state index contributed by atoms with van der Waals surface area (Å²) in [6.45, 7) is 11.7. The smallest absolute Gasteiger partial charge is 0.414 e. The van der Waals surface area contributed by atoms with Crippen molar-refractivity contribution in [3.8, 4) is 0 Å². The van der Waals surface area contributed by atoms with E-state index >= 15 is 0 Å². The van der Waals surface area contributed by atoms with Crippen molar-refractivity contribution in [3.05, 3.63) is 95.3 Å². The Hall–Kier alpha value is -5.30. The second kappa shape index (κ2) is 18.1. The molecular weight excluding hydrogens is 650 g/mol. The van der Waals surface area contributed by atoms with Crippen LogP contribution in [0.3, 0.4) is 0 Å². The van der Waals surface area contributed by atoms with E-state index in [1.54, 1.807) is 38.2 Å². The Kier molecular flexibility index (Phi) is 13.7. The van der Waals surface area contributed by atoms with Crippen LogP contribution in [0.2, 0.25) is 0 Å². The number of carbonyl (C=O) groups excluding carboxylic acids is 5. The molecule has 0 aliphatic carbocycles. The summed E-state index contributed by atoms with van der Waals surface area (Å²) < 4.78 is 5.33. The zero-order valence-electron chi connectivity index (χ0n) is 30.1. The molecule has 13 nitrogen and oxygen atoms in total. The molecule has 1 saturated heterocycles. The molecule has 2 aromatic carbocycles. The molecule has 2 heterocycles. The van der Waals surface area contributed by atoms with Crippen molar-refractivity contribution in [1.29, 1.82) is 0 Å². The van der Waals surface area contributed by atoms with Crippen molar-refractivity contribution in [2.24, 2.45) is 5.92 Å². The van der Waals surface area contributed by atoms with Crippen LogP contribution in [0.15, 0.2) is 72.9 Å². The molecule has 3 aromatic rings. The van der Waals surface area contributed by atoms with E-state index in [9.17, 15) is 24.0 Å². The zero-order chi connectivity index (χ0) is 37.1. The molecule has 5 atom stereocenters. The van der Waals surface area contributed by atoms with Gasteiger partial charge in [-0.25, -0.2) is 4.79 Å². The minimum atomic E-state index is -0.698. The van der Waals surface area contributed by atoms with Gasteiger partial charge in [0.15, 0.2) is 0 Å². The standard InChI is InChI=1S/C38H49N7O6/c1-7-39-37(49)33(23(2)3)44-34(46)26(6)41-21-31(20-30-15-11-12-16-40-30)43-36(48)29-17-28(18-32(19-29)45-22-24(4)51-38(45)50)35(47)42-25(5)27-13-9-8-10-14-27/h8-19,23-26,31,33,41H,7,20-22H2,1-6H3,(H,39,49)(H,42,47)(H,43,48)(H,44,46)/t24?,25-,26+,31+,33+/m1/s1. The summed E-state index contributed by atoms with van der Waals surface area (Å²) in [6.07, 6.45) is 1.06. The summed E-state index contributed by atoms with van der Waals surface area (Å²) in [5, 5.41) is 14.8. The van der Waals surface area contributed by atoms with Gasteiger partial charge in [-0.3, -0.25) is 29.1 Å². The molecule has 0 saturated carbocycles. The van der Waals surface area contributed by atoms with E-state index in [-0.39, 0.29) is 54.1 Å². The van der Waals surface area contributed by atoms with E-state index in [4.69, 9.17) is 4.74 Å². The third kappa shape index (κ3) is 10.8. The molecule has 0 radical (unpaired) electrons. The minimum Gasteiger partial charge on any atom is -0.444 e. The first kappa shape index (κ1) is 38.5.